The number of hydrogen-bond acceptors (Lipinski definition) is 4. The lowest BCUT2D eigenvalue weighted by atomic mass is 10.1. The standard InChI is InChI=1S/C22H21Cl2NOS2.ClH/c1-25(2)9-4-10-26-13-15-8-7-14-5-3-6-19-21(22(14)27-15)16-11-17(23)18(24)12-20(16)28-19;/h3,5-8,11-12H,4,9-10,13H2,1-2H3;1H. The summed E-state index contributed by atoms with van der Waals surface area (Å²) in [7, 11) is 4.17. The van der Waals surface area contributed by atoms with Crippen LogP contribution in [0.4, 0.5) is 0 Å². The van der Waals surface area contributed by atoms with E-state index in [1.807, 2.05) is 12.1 Å². The van der Waals surface area contributed by atoms with E-state index in [4.69, 9.17) is 27.9 Å². The van der Waals surface area contributed by atoms with Crippen LogP contribution in [-0.2, 0) is 4.74 Å². The number of benzene rings is 1. The summed E-state index contributed by atoms with van der Waals surface area (Å²) in [6, 6.07) is 3.97. The van der Waals surface area contributed by atoms with Crippen molar-refractivity contribution in [2.75, 3.05) is 33.9 Å². The Hall–Kier alpha value is -0.720. The molecule has 0 fully saturated rings. The van der Waals surface area contributed by atoms with Crippen molar-refractivity contribution in [3.05, 3.63) is 66.7 Å². The third-order valence-electron chi connectivity index (χ3n) is 4.59. The van der Waals surface area contributed by atoms with Gasteiger partial charge in [-0.2, -0.15) is 0 Å². The van der Waals surface area contributed by atoms with E-state index in [9.17, 15) is 0 Å². The smallest absolute Gasteiger partial charge is 0.0779 e. The Balaban J connectivity index is 0.00000240. The van der Waals surface area contributed by atoms with Gasteiger partial charge < -0.3 is 9.64 Å². The van der Waals surface area contributed by atoms with E-state index in [1.54, 1.807) is 23.1 Å². The molecule has 0 bridgehead atoms. The molecule has 0 spiro atoms. The fourth-order valence-corrected chi connectivity index (χ4v) is 5.96. The summed E-state index contributed by atoms with van der Waals surface area (Å²) in [6.07, 6.45) is 11.9. The van der Waals surface area contributed by atoms with Crippen LogP contribution in [-0.4, -0.2) is 38.8 Å². The number of thiophene rings is 1. The maximum atomic E-state index is 6.33. The molecule has 4 rings (SSSR count). The molecule has 0 saturated carbocycles. The molecule has 29 heavy (non-hydrogen) atoms. The molecule has 0 saturated heterocycles. The van der Waals surface area contributed by atoms with Crippen LogP contribution in [0.5, 0.6) is 0 Å². The second kappa shape index (κ2) is 10.1. The minimum absolute atomic E-state index is 0. The first-order chi connectivity index (χ1) is 13.5. The van der Waals surface area contributed by atoms with Crippen LogP contribution >= 0.6 is 58.7 Å². The lowest BCUT2D eigenvalue weighted by Gasteiger charge is -2.16. The average Bonchev–Trinajstić information content (AvgIpc) is 2.88. The SMILES string of the molecule is CN(C)CCCOCC1=CC=C2C=CC=c3sc4cc(Cl)c(Cl)cc4c3=C2S1.Cl. The lowest BCUT2D eigenvalue weighted by molar-refractivity contribution is 0.150. The summed E-state index contributed by atoms with van der Waals surface area (Å²) in [5.41, 5.74) is 1.22. The molecule has 2 nitrogen and oxygen atoms in total. The van der Waals surface area contributed by atoms with Crippen molar-refractivity contribution in [1.29, 1.82) is 0 Å². The molecule has 0 atom stereocenters. The molecule has 154 valence electrons. The Morgan fingerprint density at radius 1 is 1.07 bits per heavy atom. The van der Waals surface area contributed by atoms with Gasteiger partial charge >= 0.3 is 0 Å². The van der Waals surface area contributed by atoms with Crippen molar-refractivity contribution in [3.8, 4) is 0 Å². The molecular weight excluding hydrogens is 465 g/mol. The largest absolute Gasteiger partial charge is 0.376 e. The molecule has 1 aliphatic carbocycles. The zero-order chi connectivity index (χ0) is 19.7. The minimum atomic E-state index is 0. The topological polar surface area (TPSA) is 12.5 Å². The predicted molar refractivity (Wildman–Crippen MR) is 133 cm³/mol. The number of hydrogen-bond donors (Lipinski definition) is 0. The zero-order valence-corrected chi connectivity index (χ0v) is 20.2. The van der Waals surface area contributed by atoms with Gasteiger partial charge in [0.2, 0.25) is 0 Å². The molecule has 0 N–H and O–H groups in total. The average molecular weight is 487 g/mol. The van der Waals surface area contributed by atoms with Crippen LogP contribution in [0.25, 0.3) is 21.1 Å². The van der Waals surface area contributed by atoms with E-state index in [1.165, 1.54) is 25.1 Å². The summed E-state index contributed by atoms with van der Waals surface area (Å²) in [6.45, 7) is 2.46. The van der Waals surface area contributed by atoms with Gasteiger partial charge in [-0.3, -0.25) is 0 Å². The second-order valence-corrected chi connectivity index (χ2v) is 10.1. The number of ether oxygens (including phenoxy) is 1. The quantitative estimate of drug-likeness (QED) is 0.492. The first-order valence-corrected chi connectivity index (χ1v) is 11.5. The number of nitrogens with zero attached hydrogens (tertiary/aromatic N) is 1. The van der Waals surface area contributed by atoms with Gasteiger partial charge in [0.15, 0.2) is 0 Å². The first kappa shape index (κ1) is 23.0. The van der Waals surface area contributed by atoms with Gasteiger partial charge in [0, 0.05) is 36.3 Å². The predicted octanol–water partition coefficient (Wildman–Crippen LogP) is 5.61. The van der Waals surface area contributed by atoms with Crippen LogP contribution in [0.1, 0.15) is 6.42 Å². The van der Waals surface area contributed by atoms with Crippen LogP contribution in [0, 0.1) is 0 Å². The first-order valence-electron chi connectivity index (χ1n) is 9.15. The van der Waals surface area contributed by atoms with Crippen molar-refractivity contribution in [2.45, 2.75) is 6.42 Å². The molecule has 0 radical (unpaired) electrons. The molecule has 1 aromatic heterocycles. The number of allylic oxidation sites excluding steroid dienone is 4. The Labute approximate surface area is 195 Å². The van der Waals surface area contributed by atoms with Gasteiger partial charge in [-0.25, -0.2) is 0 Å². The number of fused-ring (bicyclic) bond motifs is 4. The van der Waals surface area contributed by atoms with Crippen LogP contribution in [0.3, 0.4) is 0 Å². The van der Waals surface area contributed by atoms with E-state index >= 15 is 0 Å². The fourth-order valence-electron chi connectivity index (χ4n) is 3.24. The molecule has 2 aromatic rings. The molecular formula is C22H22Cl3NOS2. The number of halogens is 3. The highest BCUT2D eigenvalue weighted by molar-refractivity contribution is 8.11. The number of rotatable bonds is 6. The Morgan fingerprint density at radius 3 is 2.66 bits per heavy atom. The summed E-state index contributed by atoms with van der Waals surface area (Å²) in [4.78, 5) is 4.67. The third kappa shape index (κ3) is 5.13. The second-order valence-electron chi connectivity index (χ2n) is 7.03. The van der Waals surface area contributed by atoms with Crippen molar-refractivity contribution < 1.29 is 4.74 Å². The fraction of sp³-hybridized carbons (Fsp3) is 0.273. The molecule has 2 heterocycles. The molecule has 0 amide bonds. The lowest BCUT2D eigenvalue weighted by Crippen LogP contribution is -2.21. The Morgan fingerprint density at radius 2 is 1.86 bits per heavy atom. The molecule has 7 heteroatoms. The normalized spacial score (nSPS) is 15.3. The maximum Gasteiger partial charge on any atom is 0.0779 e. The summed E-state index contributed by atoms with van der Waals surface area (Å²) in [5.74, 6) is 0. The molecule has 1 aliphatic heterocycles. The highest BCUT2D eigenvalue weighted by Crippen LogP contribution is 2.38. The van der Waals surface area contributed by atoms with Gasteiger partial charge in [-0.05, 0) is 56.9 Å². The van der Waals surface area contributed by atoms with Gasteiger partial charge in [0.05, 0.1) is 16.7 Å². The highest BCUT2D eigenvalue weighted by atomic mass is 35.5. The maximum absolute atomic E-state index is 6.33. The van der Waals surface area contributed by atoms with Crippen molar-refractivity contribution in [3.63, 3.8) is 0 Å². The number of thioether (sulfide) groups is 1. The van der Waals surface area contributed by atoms with E-state index in [0.717, 1.165) is 29.7 Å². The molecule has 0 unspecified atom stereocenters. The van der Waals surface area contributed by atoms with Crippen molar-refractivity contribution >= 4 is 79.8 Å². The van der Waals surface area contributed by atoms with Crippen molar-refractivity contribution in [1.82, 2.24) is 4.90 Å². The van der Waals surface area contributed by atoms with Crippen molar-refractivity contribution in [2.24, 2.45) is 0 Å². The van der Waals surface area contributed by atoms with E-state index in [-0.39, 0.29) is 12.4 Å². The minimum Gasteiger partial charge on any atom is -0.376 e. The molecule has 1 aromatic carbocycles. The van der Waals surface area contributed by atoms with Gasteiger partial charge in [-0.15, -0.1) is 23.7 Å². The zero-order valence-electron chi connectivity index (χ0n) is 16.2. The highest BCUT2D eigenvalue weighted by Gasteiger charge is 2.17. The van der Waals surface area contributed by atoms with Crippen LogP contribution < -0.4 is 9.75 Å². The molecule has 2 aliphatic rings. The van der Waals surface area contributed by atoms with Crippen LogP contribution in [0.15, 0.2) is 46.9 Å². The summed E-state index contributed by atoms with van der Waals surface area (Å²) >= 11 is 16.1. The monoisotopic (exact) mass is 485 g/mol. The van der Waals surface area contributed by atoms with E-state index < -0.39 is 0 Å². The van der Waals surface area contributed by atoms with Gasteiger partial charge in [-0.1, -0.05) is 53.2 Å². The van der Waals surface area contributed by atoms with Gasteiger partial charge in [0.25, 0.3) is 0 Å². The van der Waals surface area contributed by atoms with E-state index in [2.05, 4.69) is 49.4 Å². The van der Waals surface area contributed by atoms with Gasteiger partial charge in [0.1, 0.15) is 0 Å². The van der Waals surface area contributed by atoms with Crippen LogP contribution in [0.2, 0.25) is 10.0 Å². The Bertz CT molecular complexity index is 1130. The Kier molecular flexibility index (Phi) is 7.96. The summed E-state index contributed by atoms with van der Waals surface area (Å²) in [5, 5.41) is 3.61. The third-order valence-corrected chi connectivity index (χ3v) is 7.59. The summed E-state index contributed by atoms with van der Waals surface area (Å²) < 4.78 is 8.31. The van der Waals surface area contributed by atoms with E-state index in [0.29, 0.717) is 16.7 Å².